The number of carbonyl (C=O) groups excluding carboxylic acids is 2. The Morgan fingerprint density at radius 3 is 2.44 bits per heavy atom. The van der Waals surface area contributed by atoms with Gasteiger partial charge < -0.3 is 10.6 Å². The minimum Gasteiger partial charge on any atom is -0.368 e. The first-order chi connectivity index (χ1) is 15.9. The number of likely N-dealkylation sites (tertiary alicyclic amines) is 1. The molecule has 5 nitrogen and oxygen atoms in total. The summed E-state index contributed by atoms with van der Waals surface area (Å²) in [4.78, 5) is 31.4. The van der Waals surface area contributed by atoms with Crippen LogP contribution in [0.1, 0.15) is 58.6 Å². The Balaban J connectivity index is 1.62. The van der Waals surface area contributed by atoms with Crippen molar-refractivity contribution < 1.29 is 31.5 Å². The zero-order chi connectivity index (χ0) is 24.6. The van der Waals surface area contributed by atoms with Gasteiger partial charge in [-0.05, 0) is 73.8 Å². The van der Waals surface area contributed by atoms with E-state index in [4.69, 9.17) is 5.73 Å². The number of aryl methyl sites for hydroxylation is 1. The fourth-order valence-corrected chi connectivity index (χ4v) is 5.88. The summed E-state index contributed by atoms with van der Waals surface area (Å²) in [5.41, 5.74) is 3.68. The van der Waals surface area contributed by atoms with Crippen molar-refractivity contribution in [1.29, 1.82) is 0 Å². The standard InChI is InChI=1S/C24H22F5N3O2/c1-11-4-13(10-31-9-11)22(34)32-19(21(30)33)5-14-8-23(14,32)20(12-2-3-12)15-6-18(26)16(7-17(15)25)24(27,28)29/h4,6-7,9-10,12,14,19-20H,2-3,5,8H2,1H3,(H2,30,33)/t14?,19?,20-,23?/m1/s1. The van der Waals surface area contributed by atoms with E-state index < -0.39 is 52.7 Å². The molecule has 1 aliphatic heterocycles. The molecule has 3 unspecified atom stereocenters. The van der Waals surface area contributed by atoms with Crippen molar-refractivity contribution in [2.24, 2.45) is 17.6 Å². The highest BCUT2D eigenvalue weighted by molar-refractivity contribution is 5.99. The molecule has 0 bridgehead atoms. The lowest BCUT2D eigenvalue weighted by Crippen LogP contribution is -2.53. The molecular formula is C24H22F5N3O2. The van der Waals surface area contributed by atoms with Crippen LogP contribution in [0.5, 0.6) is 0 Å². The van der Waals surface area contributed by atoms with E-state index in [9.17, 15) is 27.2 Å². The summed E-state index contributed by atoms with van der Waals surface area (Å²) in [6.07, 6.45) is -0.0769. The van der Waals surface area contributed by atoms with Crippen molar-refractivity contribution >= 4 is 11.8 Å². The molecule has 1 saturated heterocycles. The molecule has 2 aliphatic carbocycles. The molecule has 4 atom stereocenters. The van der Waals surface area contributed by atoms with Gasteiger partial charge in [0.1, 0.15) is 17.7 Å². The van der Waals surface area contributed by atoms with Crippen molar-refractivity contribution in [1.82, 2.24) is 9.88 Å². The molecular weight excluding hydrogens is 457 g/mol. The first-order valence-corrected chi connectivity index (χ1v) is 11.1. The number of primary amides is 1. The first-order valence-electron chi connectivity index (χ1n) is 11.1. The van der Waals surface area contributed by atoms with Crippen molar-refractivity contribution in [2.75, 3.05) is 0 Å². The number of benzene rings is 1. The smallest absolute Gasteiger partial charge is 0.368 e. The highest BCUT2D eigenvalue weighted by atomic mass is 19.4. The maximum atomic E-state index is 15.1. The molecule has 2 N–H and O–H groups in total. The van der Waals surface area contributed by atoms with Gasteiger partial charge in [-0.1, -0.05) is 0 Å². The predicted octanol–water partition coefficient (Wildman–Crippen LogP) is 4.34. The number of carbonyl (C=O) groups is 2. The van der Waals surface area contributed by atoms with E-state index in [0.717, 1.165) is 5.56 Å². The van der Waals surface area contributed by atoms with E-state index in [1.54, 1.807) is 19.2 Å². The SMILES string of the molecule is Cc1cncc(C(=O)N2C(C(N)=O)CC3CC32[C@@H](c2cc(F)c(C(F)(F)F)cc2F)C2CC2)c1. The number of pyridine rings is 1. The molecule has 0 radical (unpaired) electrons. The monoisotopic (exact) mass is 479 g/mol. The number of aromatic nitrogens is 1. The van der Waals surface area contributed by atoms with Crippen LogP contribution in [-0.4, -0.2) is 33.3 Å². The molecule has 2 heterocycles. The lowest BCUT2D eigenvalue weighted by Gasteiger charge is -2.39. The van der Waals surface area contributed by atoms with E-state index in [2.05, 4.69) is 4.98 Å². The van der Waals surface area contributed by atoms with Crippen LogP contribution < -0.4 is 5.73 Å². The van der Waals surface area contributed by atoms with Crippen molar-refractivity contribution in [3.8, 4) is 0 Å². The molecule has 2 aromatic rings. The Hall–Kier alpha value is -3.04. The highest BCUT2D eigenvalue weighted by Crippen LogP contribution is 2.69. The molecule has 0 spiro atoms. The Kier molecular flexibility index (Phi) is 5.00. The number of fused-ring (bicyclic) bond motifs is 1. The van der Waals surface area contributed by atoms with Gasteiger partial charge in [0.05, 0.1) is 16.7 Å². The first kappa shape index (κ1) is 22.7. The number of hydrogen-bond acceptors (Lipinski definition) is 3. The maximum Gasteiger partial charge on any atom is 0.419 e. The third-order valence-corrected chi connectivity index (χ3v) is 7.42. The largest absolute Gasteiger partial charge is 0.419 e. The van der Waals surface area contributed by atoms with Gasteiger partial charge in [0.2, 0.25) is 5.91 Å². The van der Waals surface area contributed by atoms with Gasteiger partial charge in [-0.3, -0.25) is 14.6 Å². The number of nitrogens with zero attached hydrogens (tertiary/aromatic N) is 2. The molecule has 2 amide bonds. The summed E-state index contributed by atoms with van der Waals surface area (Å²) >= 11 is 0. The average Bonchev–Trinajstić information content (AvgIpc) is 3.67. The second-order valence-electron chi connectivity index (χ2n) is 9.64. The number of hydrogen-bond donors (Lipinski definition) is 1. The number of halogens is 5. The Bertz CT molecular complexity index is 1200. The van der Waals surface area contributed by atoms with Gasteiger partial charge in [-0.15, -0.1) is 0 Å². The molecule has 34 heavy (non-hydrogen) atoms. The number of rotatable bonds is 5. The van der Waals surface area contributed by atoms with Crippen LogP contribution in [0.15, 0.2) is 30.6 Å². The summed E-state index contributed by atoms with van der Waals surface area (Å²) in [5.74, 6) is -5.03. The van der Waals surface area contributed by atoms with Gasteiger partial charge >= 0.3 is 6.18 Å². The summed E-state index contributed by atoms with van der Waals surface area (Å²) in [6.45, 7) is 1.75. The van der Waals surface area contributed by atoms with E-state index in [1.807, 2.05) is 0 Å². The molecule has 2 saturated carbocycles. The van der Waals surface area contributed by atoms with E-state index >= 15 is 4.39 Å². The number of alkyl halides is 3. The van der Waals surface area contributed by atoms with Crippen LogP contribution >= 0.6 is 0 Å². The van der Waals surface area contributed by atoms with Crippen LogP contribution in [0.3, 0.4) is 0 Å². The molecule has 5 rings (SSSR count). The van der Waals surface area contributed by atoms with Crippen LogP contribution in [0, 0.1) is 30.4 Å². The second-order valence-corrected chi connectivity index (χ2v) is 9.64. The normalized spacial score (nSPS) is 26.8. The highest BCUT2D eigenvalue weighted by Gasteiger charge is 2.73. The van der Waals surface area contributed by atoms with Gasteiger partial charge in [-0.25, -0.2) is 8.78 Å². The molecule has 3 fully saturated rings. The van der Waals surface area contributed by atoms with Crippen molar-refractivity contribution in [3.05, 3.63) is 64.5 Å². The third kappa shape index (κ3) is 3.45. The van der Waals surface area contributed by atoms with Crippen LogP contribution in [0.25, 0.3) is 0 Å². The number of piperidine rings is 1. The maximum absolute atomic E-state index is 15.1. The third-order valence-electron chi connectivity index (χ3n) is 7.42. The topological polar surface area (TPSA) is 76.3 Å². The van der Waals surface area contributed by atoms with Gasteiger partial charge in [0.25, 0.3) is 5.91 Å². The van der Waals surface area contributed by atoms with Crippen LogP contribution in [0.4, 0.5) is 22.0 Å². The summed E-state index contributed by atoms with van der Waals surface area (Å²) in [5, 5.41) is 0. The van der Waals surface area contributed by atoms with E-state index in [-0.39, 0.29) is 35.4 Å². The van der Waals surface area contributed by atoms with Gasteiger partial charge in [0, 0.05) is 18.3 Å². The Morgan fingerprint density at radius 1 is 1.15 bits per heavy atom. The zero-order valence-corrected chi connectivity index (χ0v) is 18.2. The lowest BCUT2D eigenvalue weighted by molar-refractivity contribution is -0.140. The fourth-order valence-electron chi connectivity index (χ4n) is 5.88. The average molecular weight is 479 g/mol. The van der Waals surface area contributed by atoms with E-state index in [0.29, 0.717) is 25.3 Å². The minimum atomic E-state index is -5.04. The lowest BCUT2D eigenvalue weighted by atomic mass is 9.82. The molecule has 180 valence electrons. The minimum absolute atomic E-state index is 0.145. The van der Waals surface area contributed by atoms with Crippen molar-refractivity contribution in [3.63, 3.8) is 0 Å². The summed E-state index contributed by atoms with van der Waals surface area (Å²) in [7, 11) is 0. The number of nitrogens with two attached hydrogens (primary N) is 1. The Morgan fingerprint density at radius 2 is 1.85 bits per heavy atom. The van der Waals surface area contributed by atoms with Crippen LogP contribution in [-0.2, 0) is 11.0 Å². The Labute approximate surface area is 192 Å². The van der Waals surface area contributed by atoms with Gasteiger partial charge in [-0.2, -0.15) is 13.2 Å². The van der Waals surface area contributed by atoms with E-state index in [1.165, 1.54) is 11.1 Å². The van der Waals surface area contributed by atoms with Crippen molar-refractivity contribution in [2.45, 2.75) is 56.3 Å². The fraction of sp³-hybridized carbons (Fsp3) is 0.458. The quantitative estimate of drug-likeness (QED) is 0.649. The molecule has 1 aromatic carbocycles. The second kappa shape index (κ2) is 7.48. The van der Waals surface area contributed by atoms with Crippen LogP contribution in [0.2, 0.25) is 0 Å². The summed E-state index contributed by atoms with van der Waals surface area (Å²) in [6, 6.07) is 1.46. The van der Waals surface area contributed by atoms with Gasteiger partial charge in [0.15, 0.2) is 0 Å². The molecule has 10 heteroatoms. The summed E-state index contributed by atoms with van der Waals surface area (Å²) < 4.78 is 69.0. The zero-order valence-electron chi connectivity index (χ0n) is 18.2. The number of amides is 2. The molecule has 1 aromatic heterocycles. The molecule has 3 aliphatic rings. The predicted molar refractivity (Wildman–Crippen MR) is 110 cm³/mol.